The lowest BCUT2D eigenvalue weighted by Crippen LogP contribution is -2.26. The minimum absolute atomic E-state index is 0.983. The fourth-order valence-corrected chi connectivity index (χ4v) is 4.36. The highest BCUT2D eigenvalue weighted by atomic mass is 14.3. The van der Waals surface area contributed by atoms with Gasteiger partial charge in [0.05, 0.1) is 0 Å². The maximum absolute atomic E-state index is 2.56. The van der Waals surface area contributed by atoms with E-state index in [1.54, 1.807) is 0 Å². The van der Waals surface area contributed by atoms with Gasteiger partial charge in [0.1, 0.15) is 0 Å². The van der Waals surface area contributed by atoms with E-state index in [1.807, 2.05) is 0 Å². The standard InChI is InChI=1S/C17H32/c1-14(16-10-6-3-4-7-11-16)15(2)17-12-8-5-9-13-17/h14-17H,3-13H2,1-2H3. The van der Waals surface area contributed by atoms with Crippen molar-refractivity contribution < 1.29 is 0 Å². The van der Waals surface area contributed by atoms with E-state index in [1.165, 1.54) is 70.6 Å². The third kappa shape index (κ3) is 3.73. The lowest BCUT2D eigenvalue weighted by Gasteiger charge is -2.35. The zero-order valence-electron chi connectivity index (χ0n) is 12.1. The second-order valence-electron chi connectivity index (χ2n) is 6.87. The maximum Gasteiger partial charge on any atom is -0.0386 e. The van der Waals surface area contributed by atoms with Crippen molar-refractivity contribution in [1.29, 1.82) is 0 Å². The van der Waals surface area contributed by atoms with Crippen molar-refractivity contribution in [2.24, 2.45) is 23.7 Å². The fourth-order valence-electron chi connectivity index (χ4n) is 4.36. The van der Waals surface area contributed by atoms with E-state index in [4.69, 9.17) is 0 Å². The van der Waals surface area contributed by atoms with Crippen molar-refractivity contribution in [3.05, 3.63) is 0 Å². The smallest absolute Gasteiger partial charge is 0.0386 e. The van der Waals surface area contributed by atoms with Gasteiger partial charge < -0.3 is 0 Å². The Labute approximate surface area is 109 Å². The molecule has 0 bridgehead atoms. The number of hydrogen-bond donors (Lipinski definition) is 0. The highest BCUT2D eigenvalue weighted by molar-refractivity contribution is 4.80. The zero-order chi connectivity index (χ0) is 12.1. The second-order valence-corrected chi connectivity index (χ2v) is 6.87. The Morgan fingerprint density at radius 3 is 1.18 bits per heavy atom. The second kappa shape index (κ2) is 6.81. The highest BCUT2D eigenvalue weighted by Gasteiger charge is 2.29. The van der Waals surface area contributed by atoms with Crippen LogP contribution in [-0.4, -0.2) is 0 Å². The Kier molecular flexibility index (Phi) is 5.38. The lowest BCUT2D eigenvalue weighted by molar-refractivity contribution is 0.147. The van der Waals surface area contributed by atoms with Crippen LogP contribution in [0.5, 0.6) is 0 Å². The van der Waals surface area contributed by atoms with Crippen LogP contribution in [0.25, 0.3) is 0 Å². The van der Waals surface area contributed by atoms with E-state index in [9.17, 15) is 0 Å². The predicted octanol–water partition coefficient (Wildman–Crippen LogP) is 5.81. The molecule has 0 saturated heterocycles. The van der Waals surface area contributed by atoms with Crippen LogP contribution < -0.4 is 0 Å². The minimum atomic E-state index is 0.983. The first kappa shape index (κ1) is 13.4. The molecule has 2 rings (SSSR count). The summed E-state index contributed by atoms with van der Waals surface area (Å²) in [5, 5.41) is 0. The minimum Gasteiger partial charge on any atom is -0.0620 e. The third-order valence-electron chi connectivity index (χ3n) is 5.87. The molecule has 100 valence electrons. The topological polar surface area (TPSA) is 0 Å². The van der Waals surface area contributed by atoms with Gasteiger partial charge in [-0.3, -0.25) is 0 Å². The Balaban J connectivity index is 1.85. The summed E-state index contributed by atoms with van der Waals surface area (Å²) in [7, 11) is 0. The molecule has 0 nitrogen and oxygen atoms in total. The molecule has 0 aromatic heterocycles. The van der Waals surface area contributed by atoms with Crippen molar-refractivity contribution in [1.82, 2.24) is 0 Å². The van der Waals surface area contributed by atoms with Crippen molar-refractivity contribution in [3.8, 4) is 0 Å². The summed E-state index contributed by atoms with van der Waals surface area (Å²) < 4.78 is 0. The molecule has 2 unspecified atom stereocenters. The van der Waals surface area contributed by atoms with Gasteiger partial charge in [0.15, 0.2) is 0 Å². The van der Waals surface area contributed by atoms with Gasteiger partial charge >= 0.3 is 0 Å². The summed E-state index contributed by atoms with van der Waals surface area (Å²) >= 11 is 0. The van der Waals surface area contributed by atoms with Gasteiger partial charge in [-0.1, -0.05) is 84.5 Å². The molecule has 0 N–H and O–H groups in total. The molecular weight excluding hydrogens is 204 g/mol. The Morgan fingerprint density at radius 2 is 0.824 bits per heavy atom. The molecule has 2 saturated carbocycles. The number of rotatable bonds is 3. The van der Waals surface area contributed by atoms with Crippen LogP contribution in [0.15, 0.2) is 0 Å². The van der Waals surface area contributed by atoms with E-state index in [0.29, 0.717) is 0 Å². The largest absolute Gasteiger partial charge is 0.0620 e. The highest BCUT2D eigenvalue weighted by Crippen LogP contribution is 2.40. The quantitative estimate of drug-likeness (QED) is 0.542. The molecule has 0 heterocycles. The van der Waals surface area contributed by atoms with Crippen molar-refractivity contribution in [2.75, 3.05) is 0 Å². The van der Waals surface area contributed by atoms with E-state index in [2.05, 4.69) is 13.8 Å². The monoisotopic (exact) mass is 236 g/mol. The fraction of sp³-hybridized carbons (Fsp3) is 1.00. The van der Waals surface area contributed by atoms with Crippen molar-refractivity contribution in [3.63, 3.8) is 0 Å². The average molecular weight is 236 g/mol. The molecule has 17 heavy (non-hydrogen) atoms. The molecule has 2 fully saturated rings. The van der Waals surface area contributed by atoms with Gasteiger partial charge in [-0.15, -0.1) is 0 Å². The molecule has 0 aromatic rings. The van der Waals surface area contributed by atoms with E-state index < -0.39 is 0 Å². The third-order valence-corrected chi connectivity index (χ3v) is 5.87. The van der Waals surface area contributed by atoms with Crippen LogP contribution in [0.1, 0.15) is 84.5 Å². The summed E-state index contributed by atoms with van der Waals surface area (Å²) in [5.74, 6) is 4.08. The normalized spacial score (nSPS) is 28.6. The predicted molar refractivity (Wildman–Crippen MR) is 76.1 cm³/mol. The van der Waals surface area contributed by atoms with Crippen LogP contribution in [-0.2, 0) is 0 Å². The van der Waals surface area contributed by atoms with Crippen molar-refractivity contribution in [2.45, 2.75) is 84.5 Å². The van der Waals surface area contributed by atoms with E-state index in [-0.39, 0.29) is 0 Å². The molecule has 0 radical (unpaired) electrons. The van der Waals surface area contributed by atoms with Crippen LogP contribution >= 0.6 is 0 Å². The molecule has 2 atom stereocenters. The first-order chi connectivity index (χ1) is 8.29. The summed E-state index contributed by atoms with van der Waals surface area (Å²) in [6.07, 6.45) is 16.6. The molecule has 0 aromatic carbocycles. The van der Waals surface area contributed by atoms with Gasteiger partial charge in [-0.25, -0.2) is 0 Å². The molecule has 0 amide bonds. The summed E-state index contributed by atoms with van der Waals surface area (Å²) in [5.41, 5.74) is 0. The van der Waals surface area contributed by atoms with E-state index >= 15 is 0 Å². The van der Waals surface area contributed by atoms with Gasteiger partial charge in [-0.2, -0.15) is 0 Å². The van der Waals surface area contributed by atoms with Crippen molar-refractivity contribution >= 4 is 0 Å². The molecular formula is C17H32. The zero-order valence-corrected chi connectivity index (χ0v) is 12.1. The van der Waals surface area contributed by atoms with Gasteiger partial charge in [0.2, 0.25) is 0 Å². The molecule has 2 aliphatic rings. The lowest BCUT2D eigenvalue weighted by atomic mass is 9.70. The first-order valence-corrected chi connectivity index (χ1v) is 8.29. The van der Waals surface area contributed by atoms with Gasteiger partial charge in [0, 0.05) is 0 Å². The Bertz CT molecular complexity index is 194. The molecule has 2 aliphatic carbocycles. The number of hydrogen-bond acceptors (Lipinski definition) is 0. The summed E-state index contributed by atoms with van der Waals surface area (Å²) in [6, 6.07) is 0. The van der Waals surface area contributed by atoms with Crippen LogP contribution in [0.3, 0.4) is 0 Å². The first-order valence-electron chi connectivity index (χ1n) is 8.29. The average Bonchev–Trinajstić information content (AvgIpc) is 2.67. The Morgan fingerprint density at radius 1 is 0.529 bits per heavy atom. The summed E-state index contributed by atoms with van der Waals surface area (Å²) in [4.78, 5) is 0. The molecule has 0 spiro atoms. The Hall–Kier alpha value is 0. The summed E-state index contributed by atoms with van der Waals surface area (Å²) in [6.45, 7) is 5.13. The van der Waals surface area contributed by atoms with E-state index in [0.717, 1.165) is 23.7 Å². The van der Waals surface area contributed by atoms with Crippen LogP contribution in [0.4, 0.5) is 0 Å². The molecule has 0 heteroatoms. The molecule has 0 aliphatic heterocycles. The van der Waals surface area contributed by atoms with Gasteiger partial charge in [0.25, 0.3) is 0 Å². The van der Waals surface area contributed by atoms with Gasteiger partial charge in [-0.05, 0) is 23.7 Å². The van der Waals surface area contributed by atoms with Crippen LogP contribution in [0.2, 0.25) is 0 Å². The maximum atomic E-state index is 2.56. The SMILES string of the molecule is CC(C1CCCCCC1)C(C)C1CCCCC1. The van der Waals surface area contributed by atoms with Crippen LogP contribution in [0, 0.1) is 23.7 Å².